The molecule has 0 saturated heterocycles. The van der Waals surface area contributed by atoms with Gasteiger partial charge in [0.15, 0.2) is 0 Å². The first kappa shape index (κ1) is 10.1. The van der Waals surface area contributed by atoms with Gasteiger partial charge in [-0.1, -0.05) is 0 Å². The molecule has 1 rings (SSSR count). The molecule has 0 unspecified atom stereocenters. The molecule has 1 aromatic rings. The highest BCUT2D eigenvalue weighted by Crippen LogP contribution is 2.09. The van der Waals surface area contributed by atoms with Gasteiger partial charge in [-0.05, 0) is 20.8 Å². The highest BCUT2D eigenvalue weighted by atomic mass is 15.3. The molecule has 0 spiro atoms. The number of rotatable bonds is 3. The third-order valence-corrected chi connectivity index (χ3v) is 1.73. The Morgan fingerprint density at radius 3 is 2.62 bits per heavy atom. The third-order valence-electron chi connectivity index (χ3n) is 1.73. The minimum atomic E-state index is -0.196. The van der Waals surface area contributed by atoms with E-state index in [-0.39, 0.29) is 5.54 Å². The summed E-state index contributed by atoms with van der Waals surface area (Å²) in [6.07, 6.45) is 0. The fourth-order valence-corrected chi connectivity index (χ4v) is 1.09. The second kappa shape index (κ2) is 3.38. The van der Waals surface area contributed by atoms with Crippen molar-refractivity contribution in [2.75, 3.05) is 11.9 Å². The third kappa shape index (κ3) is 3.06. The minimum Gasteiger partial charge on any atom is -0.368 e. The van der Waals surface area contributed by atoms with Crippen LogP contribution in [0.5, 0.6) is 0 Å². The molecule has 3 N–H and O–H groups in total. The van der Waals surface area contributed by atoms with E-state index in [1.54, 1.807) is 0 Å². The summed E-state index contributed by atoms with van der Waals surface area (Å²) in [7, 11) is 1.92. The molecule has 0 aromatic carbocycles. The fourth-order valence-electron chi connectivity index (χ4n) is 1.09. The molecule has 0 fully saturated rings. The highest BCUT2D eigenvalue weighted by molar-refractivity contribution is 5.36. The zero-order valence-corrected chi connectivity index (χ0v) is 8.76. The summed E-state index contributed by atoms with van der Waals surface area (Å²) in [5, 5.41) is 7.47. The number of anilines is 1. The van der Waals surface area contributed by atoms with Crippen LogP contribution in [0, 0.1) is 6.92 Å². The van der Waals surface area contributed by atoms with E-state index in [9.17, 15) is 0 Å². The summed E-state index contributed by atoms with van der Waals surface area (Å²) >= 11 is 0. The van der Waals surface area contributed by atoms with Gasteiger partial charge in [-0.2, -0.15) is 5.10 Å². The van der Waals surface area contributed by atoms with Gasteiger partial charge in [0, 0.05) is 25.2 Å². The lowest BCUT2D eigenvalue weighted by atomic mass is 10.1. The van der Waals surface area contributed by atoms with Crippen LogP contribution < -0.4 is 11.1 Å². The van der Waals surface area contributed by atoms with Crippen molar-refractivity contribution in [3.8, 4) is 0 Å². The van der Waals surface area contributed by atoms with Crippen molar-refractivity contribution in [3.63, 3.8) is 0 Å². The Morgan fingerprint density at radius 1 is 1.62 bits per heavy atom. The minimum absolute atomic E-state index is 0.196. The predicted molar refractivity (Wildman–Crippen MR) is 54.7 cm³/mol. The summed E-state index contributed by atoms with van der Waals surface area (Å²) in [6.45, 7) is 6.69. The van der Waals surface area contributed by atoms with Crippen molar-refractivity contribution >= 4 is 5.82 Å². The molecular weight excluding hydrogens is 164 g/mol. The fraction of sp³-hybridized carbons (Fsp3) is 0.667. The molecule has 0 amide bonds. The molecule has 1 heterocycles. The molecule has 0 bridgehead atoms. The molecule has 74 valence electrons. The van der Waals surface area contributed by atoms with Crippen LogP contribution in [-0.4, -0.2) is 21.9 Å². The van der Waals surface area contributed by atoms with Crippen LogP contribution in [0.25, 0.3) is 0 Å². The number of nitrogens with zero attached hydrogens (tertiary/aromatic N) is 2. The number of aryl methyl sites for hydroxylation is 2. The second-order valence-electron chi connectivity index (χ2n) is 4.14. The van der Waals surface area contributed by atoms with Crippen molar-refractivity contribution in [1.29, 1.82) is 0 Å². The normalized spacial score (nSPS) is 11.8. The molecule has 0 atom stereocenters. The largest absolute Gasteiger partial charge is 0.368 e. The van der Waals surface area contributed by atoms with Crippen molar-refractivity contribution in [2.24, 2.45) is 12.8 Å². The zero-order chi connectivity index (χ0) is 10.1. The van der Waals surface area contributed by atoms with Gasteiger partial charge in [0.2, 0.25) is 0 Å². The number of aromatic nitrogens is 2. The number of hydrogen-bond acceptors (Lipinski definition) is 3. The first-order chi connectivity index (χ1) is 5.88. The SMILES string of the molecule is Cc1cc(NCC(C)(C)N)n(C)n1. The Kier molecular flexibility index (Phi) is 2.61. The molecule has 0 aliphatic heterocycles. The topological polar surface area (TPSA) is 55.9 Å². The molecule has 1 aromatic heterocycles. The number of hydrogen-bond donors (Lipinski definition) is 2. The smallest absolute Gasteiger partial charge is 0.124 e. The van der Waals surface area contributed by atoms with Crippen LogP contribution in [0.2, 0.25) is 0 Å². The van der Waals surface area contributed by atoms with E-state index < -0.39 is 0 Å². The molecule has 0 aliphatic rings. The lowest BCUT2D eigenvalue weighted by molar-refractivity contribution is 0.546. The van der Waals surface area contributed by atoms with E-state index >= 15 is 0 Å². The Labute approximate surface area is 79.1 Å². The molecule has 13 heavy (non-hydrogen) atoms. The van der Waals surface area contributed by atoms with E-state index in [2.05, 4.69) is 10.4 Å². The van der Waals surface area contributed by atoms with Crippen LogP contribution in [0.1, 0.15) is 19.5 Å². The summed E-state index contributed by atoms with van der Waals surface area (Å²) in [4.78, 5) is 0. The summed E-state index contributed by atoms with van der Waals surface area (Å²) < 4.78 is 1.82. The van der Waals surface area contributed by atoms with Crippen LogP contribution in [0.15, 0.2) is 6.07 Å². The van der Waals surface area contributed by atoms with Gasteiger partial charge in [0.05, 0.1) is 5.69 Å². The Morgan fingerprint density at radius 2 is 2.23 bits per heavy atom. The Hall–Kier alpha value is -1.03. The summed E-state index contributed by atoms with van der Waals surface area (Å²) in [5.74, 6) is 1.01. The lowest BCUT2D eigenvalue weighted by Crippen LogP contribution is -2.39. The van der Waals surface area contributed by atoms with Crippen molar-refractivity contribution in [1.82, 2.24) is 9.78 Å². The standard InChI is InChI=1S/C9H18N4/c1-7-5-8(13(4)12-7)11-6-9(2,3)10/h5,11H,6,10H2,1-4H3. The second-order valence-corrected chi connectivity index (χ2v) is 4.14. The maximum atomic E-state index is 5.85. The van der Waals surface area contributed by atoms with Crippen LogP contribution in [0.4, 0.5) is 5.82 Å². The van der Waals surface area contributed by atoms with Gasteiger partial charge >= 0.3 is 0 Å². The Bertz CT molecular complexity index is 282. The van der Waals surface area contributed by atoms with Gasteiger partial charge in [-0.25, -0.2) is 0 Å². The van der Waals surface area contributed by atoms with Gasteiger partial charge in [0.1, 0.15) is 5.82 Å². The maximum Gasteiger partial charge on any atom is 0.124 e. The number of nitrogens with two attached hydrogens (primary N) is 1. The maximum absolute atomic E-state index is 5.85. The van der Waals surface area contributed by atoms with Crippen LogP contribution >= 0.6 is 0 Å². The first-order valence-electron chi connectivity index (χ1n) is 4.42. The van der Waals surface area contributed by atoms with Gasteiger partial charge in [-0.3, -0.25) is 4.68 Å². The van der Waals surface area contributed by atoms with E-state index in [1.165, 1.54) is 0 Å². The summed E-state index contributed by atoms with van der Waals surface area (Å²) in [5.41, 5.74) is 6.67. The van der Waals surface area contributed by atoms with Gasteiger partial charge in [0.25, 0.3) is 0 Å². The highest BCUT2D eigenvalue weighted by Gasteiger charge is 2.11. The first-order valence-corrected chi connectivity index (χ1v) is 4.42. The van der Waals surface area contributed by atoms with Gasteiger partial charge < -0.3 is 11.1 Å². The predicted octanol–water partition coefficient (Wildman–Crippen LogP) is 0.878. The van der Waals surface area contributed by atoms with E-state index in [1.807, 2.05) is 38.6 Å². The van der Waals surface area contributed by atoms with E-state index in [4.69, 9.17) is 5.73 Å². The Balaban J connectivity index is 2.59. The summed E-state index contributed by atoms with van der Waals surface area (Å²) in [6, 6.07) is 2.01. The average Bonchev–Trinajstić information content (AvgIpc) is 2.24. The molecule has 0 radical (unpaired) electrons. The average molecular weight is 182 g/mol. The van der Waals surface area contributed by atoms with Crippen molar-refractivity contribution in [3.05, 3.63) is 11.8 Å². The van der Waals surface area contributed by atoms with Gasteiger partial charge in [-0.15, -0.1) is 0 Å². The molecule has 0 saturated carbocycles. The van der Waals surface area contributed by atoms with E-state index in [0.29, 0.717) is 0 Å². The molecule has 4 nitrogen and oxygen atoms in total. The zero-order valence-electron chi connectivity index (χ0n) is 8.76. The monoisotopic (exact) mass is 182 g/mol. The molecule has 0 aliphatic carbocycles. The quantitative estimate of drug-likeness (QED) is 0.729. The van der Waals surface area contributed by atoms with Crippen molar-refractivity contribution in [2.45, 2.75) is 26.3 Å². The van der Waals surface area contributed by atoms with Crippen LogP contribution in [-0.2, 0) is 7.05 Å². The number of nitrogens with one attached hydrogen (secondary N) is 1. The van der Waals surface area contributed by atoms with Crippen LogP contribution in [0.3, 0.4) is 0 Å². The lowest BCUT2D eigenvalue weighted by Gasteiger charge is -2.19. The van der Waals surface area contributed by atoms with Crippen molar-refractivity contribution < 1.29 is 0 Å². The van der Waals surface area contributed by atoms with E-state index in [0.717, 1.165) is 18.1 Å². The molecule has 4 heteroatoms. The molecular formula is C9H18N4.